The third-order valence-corrected chi connectivity index (χ3v) is 4.08. The molecule has 1 aliphatic rings. The summed E-state index contributed by atoms with van der Waals surface area (Å²) < 4.78 is 5.00. The highest BCUT2D eigenvalue weighted by Crippen LogP contribution is 2.34. The van der Waals surface area contributed by atoms with Crippen molar-refractivity contribution in [2.45, 2.75) is 54.4 Å². The number of primary amides is 1. The van der Waals surface area contributed by atoms with E-state index in [0.29, 0.717) is 0 Å². The van der Waals surface area contributed by atoms with E-state index in [1.807, 2.05) is 0 Å². The van der Waals surface area contributed by atoms with E-state index in [9.17, 15) is 40.5 Å². The van der Waals surface area contributed by atoms with Crippen LogP contribution in [0.1, 0.15) is 0 Å². The minimum Gasteiger partial charge on any atom is -0.394 e. The number of aliphatic hydroxyl groups excluding tert-OH is 8. The summed E-state index contributed by atoms with van der Waals surface area (Å²) in [4.78, 5) is 11.3. The molecule has 1 fully saturated rings. The Morgan fingerprint density at radius 2 is 1.62 bits per heavy atom. The van der Waals surface area contributed by atoms with Gasteiger partial charge >= 0.3 is 0 Å². The predicted octanol–water partition coefficient (Wildman–Crippen LogP) is -6.88. The van der Waals surface area contributed by atoms with Gasteiger partial charge in [0.15, 0.2) is 11.7 Å². The van der Waals surface area contributed by atoms with Crippen molar-refractivity contribution in [1.29, 1.82) is 0 Å². The summed E-state index contributed by atoms with van der Waals surface area (Å²) in [6.45, 7) is -1.99. The molecule has 11 N–H and O–H groups in total. The van der Waals surface area contributed by atoms with Gasteiger partial charge in [0.2, 0.25) is 5.91 Å². The average molecular weight is 357 g/mol. The fourth-order valence-electron chi connectivity index (χ4n) is 2.61. The van der Waals surface area contributed by atoms with E-state index in [-0.39, 0.29) is 0 Å². The number of rotatable bonds is 7. The first kappa shape index (κ1) is 21.1. The van der Waals surface area contributed by atoms with E-state index >= 15 is 0 Å². The van der Waals surface area contributed by atoms with Crippen molar-refractivity contribution in [3.05, 3.63) is 0 Å². The van der Waals surface area contributed by atoms with Gasteiger partial charge < -0.3 is 56.4 Å². The van der Waals surface area contributed by atoms with Crippen LogP contribution < -0.4 is 5.73 Å². The van der Waals surface area contributed by atoms with Gasteiger partial charge in [0.25, 0.3) is 0 Å². The Morgan fingerprint density at radius 3 is 2.04 bits per heavy atom. The zero-order valence-electron chi connectivity index (χ0n) is 12.5. The summed E-state index contributed by atoms with van der Waals surface area (Å²) in [5, 5.41) is 87.5. The molecule has 12 nitrogen and oxygen atoms in total. The summed E-state index contributed by atoms with van der Waals surface area (Å²) in [5.41, 5.74) is 1.70. The van der Waals surface area contributed by atoms with Crippen LogP contribution in [0.15, 0.2) is 0 Å². The third-order valence-electron chi connectivity index (χ3n) is 4.08. The second-order valence-corrected chi connectivity index (χ2v) is 5.64. The lowest BCUT2D eigenvalue weighted by Gasteiger charge is -2.49. The molecule has 1 unspecified atom stereocenters. The molecule has 24 heavy (non-hydrogen) atoms. The number of carbonyl (C=O) groups is 1. The number of aliphatic hydroxyl groups is 9. The van der Waals surface area contributed by atoms with E-state index in [0.717, 1.165) is 0 Å². The summed E-state index contributed by atoms with van der Waals surface area (Å²) >= 11 is 0. The van der Waals surface area contributed by atoms with Gasteiger partial charge in [-0.15, -0.1) is 0 Å². The van der Waals surface area contributed by atoms with Crippen LogP contribution in [0.25, 0.3) is 0 Å². The molecule has 0 aromatic carbocycles. The number of hydrogen-bond donors (Lipinski definition) is 10. The molecule has 9 atom stereocenters. The molecule has 1 saturated heterocycles. The summed E-state index contributed by atoms with van der Waals surface area (Å²) in [5.74, 6) is -1.57. The number of hydrogen-bond acceptors (Lipinski definition) is 11. The second-order valence-electron chi connectivity index (χ2n) is 5.64. The fourth-order valence-corrected chi connectivity index (χ4v) is 2.61. The van der Waals surface area contributed by atoms with Crippen LogP contribution in [0.3, 0.4) is 0 Å². The Morgan fingerprint density at radius 1 is 1.08 bits per heavy atom. The van der Waals surface area contributed by atoms with Crippen molar-refractivity contribution in [3.8, 4) is 0 Å². The lowest BCUT2D eigenvalue weighted by molar-refractivity contribution is -0.306. The van der Waals surface area contributed by atoms with Crippen molar-refractivity contribution in [2.75, 3.05) is 13.2 Å². The van der Waals surface area contributed by atoms with Crippen molar-refractivity contribution in [1.82, 2.24) is 0 Å². The first-order valence-electron chi connectivity index (χ1n) is 7.01. The zero-order valence-corrected chi connectivity index (χ0v) is 12.5. The lowest BCUT2D eigenvalue weighted by Crippen LogP contribution is -2.74. The lowest BCUT2D eigenvalue weighted by atomic mass is 9.76. The standard InChI is InChI=1S/C12H23NO11/c13-11(22)9(21)12(23,8(20)3(16)1-14)10-7(19)6(18)5(17)4(2-15)24-10/h3-10,14-21,23H,1-2H2,(H2,13,22)/t3-,4-,5-,6+,7-,8-,9+,10?,12+/m1/s1. The van der Waals surface area contributed by atoms with E-state index in [1.54, 1.807) is 0 Å². The molecule has 0 bridgehead atoms. The molecule has 1 rings (SSSR count). The fraction of sp³-hybridized carbons (Fsp3) is 0.917. The van der Waals surface area contributed by atoms with Gasteiger partial charge in [-0.25, -0.2) is 0 Å². The van der Waals surface area contributed by atoms with Crippen LogP contribution in [0.5, 0.6) is 0 Å². The molecule has 0 aliphatic carbocycles. The van der Waals surface area contributed by atoms with Crippen molar-refractivity contribution in [2.24, 2.45) is 5.73 Å². The van der Waals surface area contributed by atoms with Crippen LogP contribution in [0.4, 0.5) is 0 Å². The molecule has 1 heterocycles. The van der Waals surface area contributed by atoms with Gasteiger partial charge in [0.05, 0.1) is 13.2 Å². The monoisotopic (exact) mass is 357 g/mol. The predicted molar refractivity (Wildman–Crippen MR) is 73.0 cm³/mol. The van der Waals surface area contributed by atoms with Crippen LogP contribution in [0, 0.1) is 0 Å². The summed E-state index contributed by atoms with van der Waals surface area (Å²) in [6.07, 6.45) is -16.8. The molecular formula is C12H23NO11. The molecular weight excluding hydrogens is 334 g/mol. The summed E-state index contributed by atoms with van der Waals surface area (Å²) in [7, 11) is 0. The zero-order chi connectivity index (χ0) is 18.8. The molecule has 0 saturated carbocycles. The van der Waals surface area contributed by atoms with Gasteiger partial charge in [-0.3, -0.25) is 4.79 Å². The van der Waals surface area contributed by atoms with Crippen LogP contribution in [-0.4, -0.2) is 120 Å². The topological polar surface area (TPSA) is 234 Å². The van der Waals surface area contributed by atoms with Crippen molar-refractivity contribution >= 4 is 5.91 Å². The molecule has 12 heteroatoms. The van der Waals surface area contributed by atoms with Gasteiger partial charge in [-0.2, -0.15) is 0 Å². The number of nitrogens with two attached hydrogens (primary N) is 1. The molecule has 0 aromatic heterocycles. The highest BCUT2D eigenvalue weighted by Gasteiger charge is 2.61. The van der Waals surface area contributed by atoms with E-state index in [1.165, 1.54) is 0 Å². The highest BCUT2D eigenvalue weighted by atomic mass is 16.6. The quantitative estimate of drug-likeness (QED) is 0.205. The molecule has 1 aliphatic heterocycles. The van der Waals surface area contributed by atoms with Crippen LogP contribution in [0.2, 0.25) is 0 Å². The minimum absolute atomic E-state index is 0.886. The number of amides is 1. The minimum atomic E-state index is -3.18. The molecule has 1 amide bonds. The van der Waals surface area contributed by atoms with Crippen molar-refractivity contribution < 1.29 is 55.5 Å². The van der Waals surface area contributed by atoms with E-state index < -0.39 is 73.6 Å². The van der Waals surface area contributed by atoms with Gasteiger partial charge in [0.1, 0.15) is 42.7 Å². The number of carbonyl (C=O) groups excluding carboxylic acids is 1. The Bertz CT molecular complexity index is 435. The van der Waals surface area contributed by atoms with E-state index in [2.05, 4.69) is 0 Å². The molecule has 0 radical (unpaired) electrons. The first-order valence-corrected chi connectivity index (χ1v) is 7.01. The third kappa shape index (κ3) is 3.52. The molecule has 0 spiro atoms. The number of ether oxygens (including phenoxy) is 1. The largest absolute Gasteiger partial charge is 0.394 e. The maximum absolute atomic E-state index is 11.3. The Hall–Kier alpha value is -0.930. The summed E-state index contributed by atoms with van der Waals surface area (Å²) in [6, 6.07) is 0. The molecule has 0 aromatic rings. The first-order chi connectivity index (χ1) is 11.0. The van der Waals surface area contributed by atoms with Gasteiger partial charge in [0, 0.05) is 0 Å². The Labute approximate surface area is 136 Å². The maximum Gasteiger partial charge on any atom is 0.249 e. The SMILES string of the molecule is NC(=O)[C@H](O)[C@](O)(C1O[C@H](CO)[C@@H](O)[C@H](O)[C@H]1O)[C@H](O)[C@H](O)CO. The highest BCUT2D eigenvalue weighted by molar-refractivity contribution is 5.80. The van der Waals surface area contributed by atoms with Gasteiger partial charge in [-0.1, -0.05) is 0 Å². The maximum atomic E-state index is 11.3. The smallest absolute Gasteiger partial charge is 0.249 e. The van der Waals surface area contributed by atoms with Crippen LogP contribution >= 0.6 is 0 Å². The normalized spacial score (nSPS) is 37.3. The second kappa shape index (κ2) is 7.97. The van der Waals surface area contributed by atoms with E-state index in [4.69, 9.17) is 20.7 Å². The average Bonchev–Trinajstić information content (AvgIpc) is 2.57. The Kier molecular flexibility index (Phi) is 7.01. The van der Waals surface area contributed by atoms with Gasteiger partial charge in [-0.05, 0) is 0 Å². The van der Waals surface area contributed by atoms with Crippen LogP contribution in [-0.2, 0) is 9.53 Å². The molecule has 142 valence electrons. The Balaban J connectivity index is 3.34. The van der Waals surface area contributed by atoms with Crippen molar-refractivity contribution in [3.63, 3.8) is 0 Å².